The zero-order chi connectivity index (χ0) is 16.1. The van der Waals surface area contributed by atoms with Gasteiger partial charge in [0.2, 0.25) is 0 Å². The number of carbonyl (C=O) groups excluding carboxylic acids is 1. The molecule has 1 heterocycles. The van der Waals surface area contributed by atoms with E-state index in [1.807, 2.05) is 67.6 Å². The maximum atomic E-state index is 12.5. The van der Waals surface area contributed by atoms with Crippen LogP contribution in [0.15, 0.2) is 73.1 Å². The fourth-order valence-corrected chi connectivity index (χ4v) is 2.46. The minimum absolute atomic E-state index is 0.0656. The molecule has 2 aromatic carbocycles. The Morgan fingerprint density at radius 2 is 1.83 bits per heavy atom. The minimum atomic E-state index is -0.0656. The first kappa shape index (κ1) is 15.0. The first-order valence-corrected chi connectivity index (χ1v) is 7.57. The molecule has 3 heteroatoms. The summed E-state index contributed by atoms with van der Waals surface area (Å²) < 4.78 is 0. The van der Waals surface area contributed by atoms with Crippen LogP contribution in [0.1, 0.15) is 21.5 Å². The Hall–Kier alpha value is -2.94. The van der Waals surface area contributed by atoms with Crippen molar-refractivity contribution in [3.63, 3.8) is 0 Å². The lowest BCUT2D eigenvalue weighted by atomic mass is 9.99. The van der Waals surface area contributed by atoms with E-state index in [0.29, 0.717) is 12.1 Å². The first-order valence-electron chi connectivity index (χ1n) is 7.57. The summed E-state index contributed by atoms with van der Waals surface area (Å²) in [6, 6.07) is 19.9. The molecule has 1 amide bonds. The van der Waals surface area contributed by atoms with Crippen LogP contribution >= 0.6 is 0 Å². The van der Waals surface area contributed by atoms with Gasteiger partial charge in [-0.05, 0) is 41.3 Å². The number of rotatable bonds is 4. The molecule has 0 aliphatic heterocycles. The Morgan fingerprint density at radius 3 is 2.57 bits per heavy atom. The van der Waals surface area contributed by atoms with E-state index in [1.54, 1.807) is 12.4 Å². The van der Waals surface area contributed by atoms with Crippen molar-refractivity contribution in [1.82, 2.24) is 10.3 Å². The number of aromatic nitrogens is 1. The number of carbonyl (C=O) groups is 1. The Bertz CT molecular complexity index is 798. The standard InChI is InChI=1S/C20H18N2O/c1-15-9-10-18(17-7-3-2-4-8-17)12-19(15)20(23)22-14-16-6-5-11-21-13-16/h2-13H,14H2,1H3,(H,22,23). The van der Waals surface area contributed by atoms with Gasteiger partial charge in [-0.1, -0.05) is 48.5 Å². The van der Waals surface area contributed by atoms with Gasteiger partial charge in [0.25, 0.3) is 5.91 Å². The van der Waals surface area contributed by atoms with Crippen molar-refractivity contribution in [2.45, 2.75) is 13.5 Å². The summed E-state index contributed by atoms with van der Waals surface area (Å²) in [6.45, 7) is 2.43. The Morgan fingerprint density at radius 1 is 1.00 bits per heavy atom. The molecule has 3 rings (SSSR count). The number of hydrogen-bond donors (Lipinski definition) is 1. The largest absolute Gasteiger partial charge is 0.348 e. The van der Waals surface area contributed by atoms with E-state index >= 15 is 0 Å². The summed E-state index contributed by atoms with van der Waals surface area (Å²) in [6.07, 6.45) is 3.48. The molecule has 0 atom stereocenters. The zero-order valence-electron chi connectivity index (χ0n) is 13.0. The fraction of sp³-hybridized carbons (Fsp3) is 0.100. The van der Waals surface area contributed by atoms with Crippen molar-refractivity contribution in [3.05, 3.63) is 89.7 Å². The quantitative estimate of drug-likeness (QED) is 0.792. The molecule has 0 radical (unpaired) electrons. The summed E-state index contributed by atoms with van der Waals surface area (Å²) in [5.41, 5.74) is 4.80. The second kappa shape index (κ2) is 6.88. The molecule has 3 aromatic rings. The van der Waals surface area contributed by atoms with Gasteiger partial charge >= 0.3 is 0 Å². The van der Waals surface area contributed by atoms with E-state index in [9.17, 15) is 4.79 Å². The average molecular weight is 302 g/mol. The van der Waals surface area contributed by atoms with Gasteiger partial charge in [0.05, 0.1) is 0 Å². The number of pyridine rings is 1. The van der Waals surface area contributed by atoms with Crippen molar-refractivity contribution < 1.29 is 4.79 Å². The molecule has 1 N–H and O–H groups in total. The van der Waals surface area contributed by atoms with Crippen LogP contribution in [0.25, 0.3) is 11.1 Å². The van der Waals surface area contributed by atoms with Gasteiger partial charge in [0.1, 0.15) is 0 Å². The molecule has 3 nitrogen and oxygen atoms in total. The van der Waals surface area contributed by atoms with Crippen LogP contribution < -0.4 is 5.32 Å². The van der Waals surface area contributed by atoms with Crippen LogP contribution in [-0.2, 0) is 6.54 Å². The molecule has 0 saturated carbocycles. The lowest BCUT2D eigenvalue weighted by Gasteiger charge is -2.10. The number of amides is 1. The summed E-state index contributed by atoms with van der Waals surface area (Å²) in [5.74, 6) is -0.0656. The predicted octanol–water partition coefficient (Wildman–Crippen LogP) is 3.99. The van der Waals surface area contributed by atoms with Crippen molar-refractivity contribution in [2.24, 2.45) is 0 Å². The fourth-order valence-electron chi connectivity index (χ4n) is 2.46. The highest BCUT2D eigenvalue weighted by atomic mass is 16.1. The molecule has 0 unspecified atom stereocenters. The maximum Gasteiger partial charge on any atom is 0.251 e. The number of hydrogen-bond acceptors (Lipinski definition) is 2. The molecule has 0 saturated heterocycles. The Labute approximate surface area is 136 Å². The molecule has 0 fully saturated rings. The number of nitrogens with one attached hydrogen (secondary N) is 1. The maximum absolute atomic E-state index is 12.5. The lowest BCUT2D eigenvalue weighted by Crippen LogP contribution is -2.23. The van der Waals surface area contributed by atoms with Crippen LogP contribution in [0.5, 0.6) is 0 Å². The van der Waals surface area contributed by atoms with Gasteiger partial charge in [0, 0.05) is 24.5 Å². The van der Waals surface area contributed by atoms with E-state index in [1.165, 1.54) is 0 Å². The van der Waals surface area contributed by atoms with E-state index in [4.69, 9.17) is 0 Å². The Kier molecular flexibility index (Phi) is 4.48. The predicted molar refractivity (Wildman–Crippen MR) is 92.0 cm³/mol. The van der Waals surface area contributed by atoms with Gasteiger partial charge in [-0.2, -0.15) is 0 Å². The van der Waals surface area contributed by atoms with Gasteiger partial charge in [-0.15, -0.1) is 0 Å². The number of aryl methyl sites for hydroxylation is 1. The summed E-state index contributed by atoms with van der Waals surface area (Å²) in [7, 11) is 0. The van der Waals surface area contributed by atoms with Crippen LogP contribution in [0.4, 0.5) is 0 Å². The van der Waals surface area contributed by atoms with E-state index in [-0.39, 0.29) is 5.91 Å². The highest BCUT2D eigenvalue weighted by molar-refractivity contribution is 5.96. The summed E-state index contributed by atoms with van der Waals surface area (Å²) >= 11 is 0. The lowest BCUT2D eigenvalue weighted by molar-refractivity contribution is 0.0950. The smallest absolute Gasteiger partial charge is 0.251 e. The van der Waals surface area contributed by atoms with Gasteiger partial charge < -0.3 is 5.32 Å². The van der Waals surface area contributed by atoms with Crippen molar-refractivity contribution in [1.29, 1.82) is 0 Å². The van der Waals surface area contributed by atoms with Crippen LogP contribution in [-0.4, -0.2) is 10.9 Å². The number of benzene rings is 2. The third-order valence-corrected chi connectivity index (χ3v) is 3.77. The van der Waals surface area contributed by atoms with Crippen LogP contribution in [0, 0.1) is 6.92 Å². The zero-order valence-corrected chi connectivity index (χ0v) is 13.0. The van der Waals surface area contributed by atoms with Gasteiger partial charge in [0.15, 0.2) is 0 Å². The molecular formula is C20H18N2O. The van der Waals surface area contributed by atoms with Gasteiger partial charge in [-0.25, -0.2) is 0 Å². The SMILES string of the molecule is Cc1ccc(-c2ccccc2)cc1C(=O)NCc1cccnc1. The second-order valence-corrected chi connectivity index (χ2v) is 5.44. The Balaban J connectivity index is 1.80. The summed E-state index contributed by atoms with van der Waals surface area (Å²) in [4.78, 5) is 16.5. The first-order chi connectivity index (χ1) is 11.2. The third kappa shape index (κ3) is 3.64. The highest BCUT2D eigenvalue weighted by Gasteiger charge is 2.10. The molecule has 23 heavy (non-hydrogen) atoms. The summed E-state index contributed by atoms with van der Waals surface area (Å²) in [5, 5.41) is 2.96. The van der Waals surface area contributed by atoms with Crippen molar-refractivity contribution in [3.8, 4) is 11.1 Å². The van der Waals surface area contributed by atoms with Crippen LogP contribution in [0.3, 0.4) is 0 Å². The minimum Gasteiger partial charge on any atom is -0.348 e. The monoisotopic (exact) mass is 302 g/mol. The normalized spacial score (nSPS) is 10.3. The molecule has 0 aliphatic carbocycles. The topological polar surface area (TPSA) is 42.0 Å². The molecular weight excluding hydrogens is 284 g/mol. The van der Waals surface area contributed by atoms with Gasteiger partial charge in [-0.3, -0.25) is 9.78 Å². The van der Waals surface area contributed by atoms with Crippen molar-refractivity contribution >= 4 is 5.91 Å². The molecule has 0 spiro atoms. The van der Waals surface area contributed by atoms with E-state index in [0.717, 1.165) is 22.3 Å². The molecule has 114 valence electrons. The second-order valence-electron chi connectivity index (χ2n) is 5.44. The molecule has 0 bridgehead atoms. The number of nitrogens with zero attached hydrogens (tertiary/aromatic N) is 1. The van der Waals surface area contributed by atoms with Crippen LogP contribution in [0.2, 0.25) is 0 Å². The highest BCUT2D eigenvalue weighted by Crippen LogP contribution is 2.22. The molecule has 0 aliphatic rings. The molecule has 1 aromatic heterocycles. The third-order valence-electron chi connectivity index (χ3n) is 3.77. The average Bonchev–Trinajstić information content (AvgIpc) is 2.62. The van der Waals surface area contributed by atoms with E-state index in [2.05, 4.69) is 10.3 Å². The van der Waals surface area contributed by atoms with Crippen molar-refractivity contribution in [2.75, 3.05) is 0 Å². The van der Waals surface area contributed by atoms with E-state index < -0.39 is 0 Å².